The number of carbonyl (C=O) groups is 2. The number of esters is 2. The van der Waals surface area contributed by atoms with Crippen LogP contribution in [-0.4, -0.2) is 45.4 Å². The van der Waals surface area contributed by atoms with E-state index in [0.717, 1.165) is 0 Å². The summed E-state index contributed by atoms with van der Waals surface area (Å²) in [7, 11) is 0. The molecule has 0 amide bonds. The lowest BCUT2D eigenvalue weighted by Gasteiger charge is -2.03. The van der Waals surface area contributed by atoms with E-state index in [2.05, 4.69) is 15.5 Å². The van der Waals surface area contributed by atoms with Crippen LogP contribution in [0.15, 0.2) is 0 Å². The number of ether oxygens (including phenoxy) is 2. The third kappa shape index (κ3) is 3.82. The molecule has 0 spiro atoms. The van der Waals surface area contributed by atoms with Crippen molar-refractivity contribution in [2.45, 2.75) is 26.8 Å². The smallest absolute Gasteiger partial charge is 0.378 e. The molecule has 0 aliphatic heterocycles. The van der Waals surface area contributed by atoms with Crippen molar-refractivity contribution in [1.29, 1.82) is 0 Å². The van der Waals surface area contributed by atoms with Gasteiger partial charge in [0, 0.05) is 0 Å². The predicted molar refractivity (Wildman–Crippen MR) is 55.0 cm³/mol. The second-order valence-corrected chi connectivity index (χ2v) is 3.00. The lowest BCUT2D eigenvalue weighted by molar-refractivity contribution is -0.143. The summed E-state index contributed by atoms with van der Waals surface area (Å²) in [6, 6.07) is 0. The maximum absolute atomic E-state index is 11.4. The Kier molecular flexibility index (Phi) is 5.05. The molecule has 0 N–H and O–H groups in total. The summed E-state index contributed by atoms with van der Waals surface area (Å²) in [5.41, 5.74) is 0. The summed E-state index contributed by atoms with van der Waals surface area (Å²) in [6.45, 7) is 4.15. The molecule has 0 aromatic carbocycles. The highest BCUT2D eigenvalue weighted by atomic mass is 16.5. The summed E-state index contributed by atoms with van der Waals surface area (Å²) in [4.78, 5) is 22.5. The molecule has 0 unspecified atom stereocenters. The average Bonchev–Trinajstić information content (AvgIpc) is 2.75. The first-order valence-corrected chi connectivity index (χ1v) is 5.28. The van der Waals surface area contributed by atoms with Gasteiger partial charge in [0.05, 0.1) is 26.2 Å². The van der Waals surface area contributed by atoms with Crippen LogP contribution in [0.1, 0.15) is 30.9 Å². The van der Waals surface area contributed by atoms with Gasteiger partial charge in [0.25, 0.3) is 5.82 Å². The van der Waals surface area contributed by atoms with Gasteiger partial charge in [0.2, 0.25) is 0 Å². The average molecular weight is 242 g/mol. The van der Waals surface area contributed by atoms with Crippen molar-refractivity contribution < 1.29 is 19.1 Å². The van der Waals surface area contributed by atoms with Crippen molar-refractivity contribution in [2.24, 2.45) is 0 Å². The predicted octanol–water partition coefficient (Wildman–Crippen LogP) is -0.197. The third-order valence-electron chi connectivity index (χ3n) is 1.82. The number of carbonyl (C=O) groups excluding carboxylic acids is 2. The van der Waals surface area contributed by atoms with E-state index < -0.39 is 5.97 Å². The van der Waals surface area contributed by atoms with Crippen molar-refractivity contribution in [3.63, 3.8) is 0 Å². The van der Waals surface area contributed by atoms with Crippen LogP contribution in [0.5, 0.6) is 0 Å². The van der Waals surface area contributed by atoms with Gasteiger partial charge < -0.3 is 9.47 Å². The fraction of sp³-hybridized carbons (Fsp3) is 0.667. The first-order valence-electron chi connectivity index (χ1n) is 5.28. The fourth-order valence-corrected chi connectivity index (χ4v) is 1.13. The molecule has 1 aromatic heterocycles. The van der Waals surface area contributed by atoms with E-state index in [9.17, 15) is 9.59 Å². The summed E-state index contributed by atoms with van der Waals surface area (Å²) in [5.74, 6) is -0.990. The zero-order valence-electron chi connectivity index (χ0n) is 9.75. The van der Waals surface area contributed by atoms with Crippen molar-refractivity contribution in [1.82, 2.24) is 20.2 Å². The largest absolute Gasteiger partial charge is 0.466 e. The van der Waals surface area contributed by atoms with Crippen LogP contribution in [0, 0.1) is 0 Å². The number of hydrogen-bond acceptors (Lipinski definition) is 7. The Labute approximate surface area is 97.9 Å². The van der Waals surface area contributed by atoms with E-state index in [-0.39, 0.29) is 31.4 Å². The molecule has 17 heavy (non-hydrogen) atoms. The molecule has 0 atom stereocenters. The summed E-state index contributed by atoms with van der Waals surface area (Å²) in [6.07, 6.45) is 0.102. The van der Waals surface area contributed by atoms with Gasteiger partial charge >= 0.3 is 11.9 Å². The molecule has 0 aliphatic carbocycles. The Morgan fingerprint density at radius 2 is 1.94 bits per heavy atom. The Morgan fingerprint density at radius 1 is 1.24 bits per heavy atom. The highest BCUT2D eigenvalue weighted by Gasteiger charge is 2.17. The fourth-order valence-electron chi connectivity index (χ4n) is 1.13. The quantitative estimate of drug-likeness (QED) is 0.637. The monoisotopic (exact) mass is 242 g/mol. The lowest BCUT2D eigenvalue weighted by atomic mass is 10.4. The minimum absolute atomic E-state index is 0.0175. The highest BCUT2D eigenvalue weighted by molar-refractivity contribution is 5.85. The van der Waals surface area contributed by atoms with Crippen molar-refractivity contribution in [3.05, 3.63) is 5.82 Å². The van der Waals surface area contributed by atoms with E-state index in [1.165, 1.54) is 4.68 Å². The maximum Gasteiger partial charge on any atom is 0.378 e. The molecule has 0 radical (unpaired) electrons. The van der Waals surface area contributed by atoms with E-state index in [1.807, 2.05) is 0 Å². The van der Waals surface area contributed by atoms with Crippen LogP contribution in [-0.2, 0) is 20.8 Å². The van der Waals surface area contributed by atoms with E-state index in [4.69, 9.17) is 9.47 Å². The van der Waals surface area contributed by atoms with Gasteiger partial charge in [0.1, 0.15) is 0 Å². The SMILES string of the molecule is CCOC(=O)CCn1nnnc1C(=O)OCC. The van der Waals surface area contributed by atoms with Crippen molar-refractivity contribution in [3.8, 4) is 0 Å². The normalized spacial score (nSPS) is 10.0. The number of rotatable bonds is 6. The van der Waals surface area contributed by atoms with Crippen molar-refractivity contribution >= 4 is 11.9 Å². The number of nitrogens with zero attached hydrogens (tertiary/aromatic N) is 4. The molecule has 0 aliphatic rings. The molecule has 94 valence electrons. The minimum Gasteiger partial charge on any atom is -0.466 e. The van der Waals surface area contributed by atoms with Gasteiger partial charge in [-0.05, 0) is 24.3 Å². The molecule has 1 aromatic rings. The molecule has 0 fully saturated rings. The second-order valence-electron chi connectivity index (χ2n) is 3.00. The first kappa shape index (κ1) is 13.1. The molecular weight excluding hydrogens is 228 g/mol. The van der Waals surface area contributed by atoms with Crippen LogP contribution in [0.3, 0.4) is 0 Å². The molecule has 1 heterocycles. The van der Waals surface area contributed by atoms with Gasteiger partial charge in [0.15, 0.2) is 0 Å². The maximum atomic E-state index is 11.4. The molecule has 0 bridgehead atoms. The topological polar surface area (TPSA) is 96.2 Å². The number of tetrazole rings is 1. The third-order valence-corrected chi connectivity index (χ3v) is 1.82. The first-order chi connectivity index (χ1) is 8.19. The van der Waals surface area contributed by atoms with Gasteiger partial charge in [-0.1, -0.05) is 0 Å². The Bertz CT molecular complexity index is 390. The van der Waals surface area contributed by atoms with Crippen LogP contribution >= 0.6 is 0 Å². The highest BCUT2D eigenvalue weighted by Crippen LogP contribution is 1.98. The molecular formula is C9H14N4O4. The van der Waals surface area contributed by atoms with Gasteiger partial charge in [-0.25, -0.2) is 9.48 Å². The molecule has 0 saturated heterocycles. The Morgan fingerprint density at radius 3 is 2.59 bits per heavy atom. The van der Waals surface area contributed by atoms with Gasteiger partial charge in [-0.2, -0.15) is 0 Å². The lowest BCUT2D eigenvalue weighted by Crippen LogP contribution is -2.17. The second kappa shape index (κ2) is 6.56. The van der Waals surface area contributed by atoms with Crippen LogP contribution < -0.4 is 0 Å². The molecule has 0 saturated carbocycles. The van der Waals surface area contributed by atoms with Crippen molar-refractivity contribution in [2.75, 3.05) is 13.2 Å². The zero-order valence-corrected chi connectivity index (χ0v) is 9.75. The number of aromatic nitrogens is 4. The standard InChI is InChI=1S/C9H14N4O4/c1-3-16-7(14)5-6-13-8(10-11-12-13)9(15)17-4-2/h3-6H2,1-2H3. The van der Waals surface area contributed by atoms with Gasteiger partial charge in [-0.15, -0.1) is 5.10 Å². The molecule has 8 heteroatoms. The van der Waals surface area contributed by atoms with E-state index in [0.29, 0.717) is 6.61 Å². The van der Waals surface area contributed by atoms with E-state index >= 15 is 0 Å². The van der Waals surface area contributed by atoms with Crippen LogP contribution in [0.2, 0.25) is 0 Å². The Balaban J connectivity index is 2.57. The molecule has 8 nitrogen and oxygen atoms in total. The summed E-state index contributed by atoms with van der Waals surface area (Å²) < 4.78 is 10.7. The summed E-state index contributed by atoms with van der Waals surface area (Å²) in [5, 5.41) is 10.5. The summed E-state index contributed by atoms with van der Waals surface area (Å²) >= 11 is 0. The Hall–Kier alpha value is -1.99. The number of aryl methyl sites for hydroxylation is 1. The van der Waals surface area contributed by atoms with E-state index in [1.54, 1.807) is 13.8 Å². The van der Waals surface area contributed by atoms with Crippen LogP contribution in [0.4, 0.5) is 0 Å². The molecule has 1 rings (SSSR count). The number of hydrogen-bond donors (Lipinski definition) is 0. The zero-order chi connectivity index (χ0) is 12.7. The van der Waals surface area contributed by atoms with Crippen LogP contribution in [0.25, 0.3) is 0 Å². The minimum atomic E-state index is -0.610. The van der Waals surface area contributed by atoms with Gasteiger partial charge in [-0.3, -0.25) is 4.79 Å².